The van der Waals surface area contributed by atoms with E-state index in [-0.39, 0.29) is 35.6 Å². The molecule has 4 nitrogen and oxygen atoms in total. The minimum atomic E-state index is -1.03. The van der Waals surface area contributed by atoms with E-state index in [1.165, 1.54) is 6.07 Å². The number of hydrogen-bond acceptors (Lipinski definition) is 3. The first-order valence-corrected chi connectivity index (χ1v) is 5.92. The van der Waals surface area contributed by atoms with Gasteiger partial charge in [-0.15, -0.1) is 0 Å². The molecule has 1 saturated heterocycles. The number of hydrogen-bond donors (Lipinski definition) is 2. The van der Waals surface area contributed by atoms with Gasteiger partial charge >= 0.3 is 24.8 Å². The molecule has 6 heteroatoms. The van der Waals surface area contributed by atoms with E-state index in [0.717, 1.165) is 19.4 Å². The van der Waals surface area contributed by atoms with Crippen LogP contribution in [0, 0.1) is 0 Å². The van der Waals surface area contributed by atoms with Crippen LogP contribution in [0.5, 0.6) is 0 Å². The first-order valence-electron chi connectivity index (χ1n) is 5.54. The van der Waals surface area contributed by atoms with Gasteiger partial charge in [0.2, 0.25) is 0 Å². The predicted octanol–water partition coefficient (Wildman–Crippen LogP) is 1.35. The fraction of sp³-hybridized carbons (Fsp3) is 0.417. The van der Waals surface area contributed by atoms with Crippen LogP contribution in [-0.4, -0.2) is 54.2 Å². The van der Waals surface area contributed by atoms with Gasteiger partial charge in [-0.05, 0) is 25.0 Å². The number of benzene rings is 1. The topological polar surface area (TPSA) is 60.8 Å². The standard InChI is InChI=1S/C12H14ClNO3.Li.H/c13-11-9(12(16)17)4-1-5-10(11)14-6-2-3-8(15)7-14;;/h1,4-5,8,15H,2-3,6-7H2,(H,16,17);;/t8-;;/m1../s1. The molecule has 1 aliphatic rings. The number of aromatic carboxylic acids is 1. The number of aliphatic hydroxyl groups is 1. The summed E-state index contributed by atoms with van der Waals surface area (Å²) in [5, 5.41) is 18.8. The molecule has 0 unspecified atom stereocenters. The molecule has 0 radical (unpaired) electrons. The second-order valence-electron chi connectivity index (χ2n) is 4.19. The van der Waals surface area contributed by atoms with Crippen LogP contribution in [-0.2, 0) is 0 Å². The molecule has 1 aromatic carbocycles. The Hall–Kier alpha value is -0.663. The Morgan fingerprint density at radius 2 is 2.17 bits per heavy atom. The third-order valence-electron chi connectivity index (χ3n) is 2.95. The molecule has 0 saturated carbocycles. The first-order chi connectivity index (χ1) is 8.09. The average Bonchev–Trinajstić information content (AvgIpc) is 2.29. The van der Waals surface area contributed by atoms with Crippen molar-refractivity contribution in [2.45, 2.75) is 18.9 Å². The van der Waals surface area contributed by atoms with Crippen LogP contribution < -0.4 is 4.90 Å². The molecule has 1 atom stereocenters. The van der Waals surface area contributed by atoms with E-state index in [1.54, 1.807) is 12.1 Å². The van der Waals surface area contributed by atoms with Crippen LogP contribution >= 0.6 is 11.6 Å². The molecule has 1 aromatic rings. The van der Waals surface area contributed by atoms with E-state index in [2.05, 4.69) is 0 Å². The molecule has 2 N–H and O–H groups in total. The molecule has 1 aliphatic heterocycles. The van der Waals surface area contributed by atoms with Crippen LogP contribution in [0.2, 0.25) is 5.02 Å². The quantitative estimate of drug-likeness (QED) is 0.791. The Balaban J connectivity index is 0.00000162. The number of piperidine rings is 1. The van der Waals surface area contributed by atoms with E-state index in [0.29, 0.717) is 12.2 Å². The summed E-state index contributed by atoms with van der Waals surface area (Å²) in [7, 11) is 0. The van der Waals surface area contributed by atoms with E-state index in [4.69, 9.17) is 16.7 Å². The van der Waals surface area contributed by atoms with Gasteiger partial charge < -0.3 is 15.1 Å². The van der Waals surface area contributed by atoms with Crippen molar-refractivity contribution in [3.8, 4) is 0 Å². The molecular formula is C12H15ClLiNO3. The predicted molar refractivity (Wildman–Crippen MR) is 73.0 cm³/mol. The zero-order chi connectivity index (χ0) is 12.4. The molecule has 0 bridgehead atoms. The van der Waals surface area contributed by atoms with Crippen molar-refractivity contribution in [1.82, 2.24) is 0 Å². The van der Waals surface area contributed by atoms with Crippen LogP contribution in [0.1, 0.15) is 23.2 Å². The number of halogens is 1. The molecule has 0 amide bonds. The van der Waals surface area contributed by atoms with E-state index in [1.807, 2.05) is 4.90 Å². The van der Waals surface area contributed by atoms with Gasteiger partial charge in [0, 0.05) is 13.1 Å². The summed E-state index contributed by atoms with van der Waals surface area (Å²) < 4.78 is 0. The molecule has 0 aromatic heterocycles. The van der Waals surface area contributed by atoms with Crippen molar-refractivity contribution in [2.75, 3.05) is 18.0 Å². The summed E-state index contributed by atoms with van der Waals surface area (Å²) in [6.45, 7) is 1.29. The Labute approximate surface area is 123 Å². The fourth-order valence-corrected chi connectivity index (χ4v) is 2.43. The summed E-state index contributed by atoms with van der Waals surface area (Å²) in [5.41, 5.74) is 0.787. The van der Waals surface area contributed by atoms with Crippen LogP contribution in [0.15, 0.2) is 18.2 Å². The maximum absolute atomic E-state index is 11.0. The maximum atomic E-state index is 11.0. The van der Waals surface area contributed by atoms with Crippen molar-refractivity contribution < 1.29 is 15.0 Å². The summed E-state index contributed by atoms with van der Waals surface area (Å²) in [5.74, 6) is -1.03. The average molecular weight is 264 g/mol. The van der Waals surface area contributed by atoms with Crippen molar-refractivity contribution >= 4 is 42.1 Å². The third kappa shape index (κ3) is 3.21. The number of carboxylic acid groups (broad SMARTS) is 1. The normalized spacial score (nSPS) is 19.2. The van der Waals surface area contributed by atoms with Crippen molar-refractivity contribution in [1.29, 1.82) is 0 Å². The molecule has 2 rings (SSSR count). The van der Waals surface area contributed by atoms with E-state index >= 15 is 0 Å². The molecule has 1 heterocycles. The van der Waals surface area contributed by atoms with E-state index in [9.17, 15) is 9.90 Å². The number of anilines is 1. The fourth-order valence-electron chi connectivity index (χ4n) is 2.10. The first kappa shape index (κ1) is 15.4. The number of nitrogens with zero attached hydrogens (tertiary/aromatic N) is 1. The molecule has 94 valence electrons. The van der Waals surface area contributed by atoms with Crippen LogP contribution in [0.25, 0.3) is 0 Å². The zero-order valence-electron chi connectivity index (χ0n) is 9.27. The van der Waals surface area contributed by atoms with Gasteiger partial charge in [-0.25, -0.2) is 4.79 Å². The summed E-state index contributed by atoms with van der Waals surface area (Å²) >= 11 is 6.08. The van der Waals surface area contributed by atoms with Gasteiger partial charge in [-0.3, -0.25) is 0 Å². The van der Waals surface area contributed by atoms with Gasteiger partial charge in [0.05, 0.1) is 22.4 Å². The van der Waals surface area contributed by atoms with Crippen molar-refractivity contribution in [2.24, 2.45) is 0 Å². The van der Waals surface area contributed by atoms with Gasteiger partial charge in [-0.2, -0.15) is 0 Å². The Morgan fingerprint density at radius 1 is 1.44 bits per heavy atom. The number of carboxylic acids is 1. The minimum absolute atomic E-state index is 0. The molecule has 0 aliphatic carbocycles. The monoisotopic (exact) mass is 263 g/mol. The van der Waals surface area contributed by atoms with E-state index < -0.39 is 5.97 Å². The Morgan fingerprint density at radius 3 is 2.78 bits per heavy atom. The number of β-amino-alcohol motifs (C(OH)–C–C–N with tert-alkyl or cyclic N) is 1. The second kappa shape index (κ2) is 6.49. The SMILES string of the molecule is O=C(O)c1cccc(N2CCC[C@@H](O)C2)c1Cl.[LiH]. The van der Waals surface area contributed by atoms with Gasteiger partial charge in [-0.1, -0.05) is 17.7 Å². The van der Waals surface area contributed by atoms with Crippen molar-refractivity contribution in [3.05, 3.63) is 28.8 Å². The molecule has 18 heavy (non-hydrogen) atoms. The van der Waals surface area contributed by atoms with Crippen LogP contribution in [0.4, 0.5) is 5.69 Å². The molecule has 0 spiro atoms. The summed E-state index contributed by atoms with van der Waals surface area (Å²) in [4.78, 5) is 12.9. The number of carbonyl (C=O) groups is 1. The van der Waals surface area contributed by atoms with Crippen molar-refractivity contribution in [3.63, 3.8) is 0 Å². The second-order valence-corrected chi connectivity index (χ2v) is 4.56. The van der Waals surface area contributed by atoms with Gasteiger partial charge in [0.15, 0.2) is 0 Å². The van der Waals surface area contributed by atoms with Gasteiger partial charge in [0.1, 0.15) is 0 Å². The molecule has 1 fully saturated rings. The third-order valence-corrected chi connectivity index (χ3v) is 3.34. The van der Waals surface area contributed by atoms with Crippen LogP contribution in [0.3, 0.4) is 0 Å². The molecular weight excluding hydrogens is 249 g/mol. The number of aliphatic hydroxyl groups excluding tert-OH is 1. The Bertz CT molecular complexity index is 441. The summed E-state index contributed by atoms with van der Waals surface area (Å²) in [6, 6.07) is 4.94. The number of rotatable bonds is 2. The zero-order valence-corrected chi connectivity index (χ0v) is 10.0. The summed E-state index contributed by atoms with van der Waals surface area (Å²) in [6.07, 6.45) is 1.30. The van der Waals surface area contributed by atoms with Gasteiger partial charge in [0.25, 0.3) is 0 Å². The Kier molecular flexibility index (Phi) is 5.55.